The Labute approximate surface area is 110 Å². The van der Waals surface area contributed by atoms with E-state index in [1.807, 2.05) is 11.3 Å². The fourth-order valence-corrected chi connectivity index (χ4v) is 3.64. The van der Waals surface area contributed by atoms with E-state index in [1.165, 1.54) is 35.3 Å². The molecule has 0 spiro atoms. The highest BCUT2D eigenvalue weighted by Crippen LogP contribution is 2.22. The molecular weight excluding hydrogens is 284 g/mol. The molecule has 1 aromatic rings. The van der Waals surface area contributed by atoms with Gasteiger partial charge in [-0.25, -0.2) is 0 Å². The van der Waals surface area contributed by atoms with Crippen LogP contribution in [-0.4, -0.2) is 30.6 Å². The average Bonchev–Trinajstić information content (AvgIpc) is 2.86. The number of halogens is 1. The Balaban J connectivity index is 1.76. The number of hydrogen-bond acceptors (Lipinski definition) is 3. The van der Waals surface area contributed by atoms with Gasteiger partial charge in [-0.1, -0.05) is 6.92 Å². The smallest absolute Gasteiger partial charge is 0.0328 e. The molecule has 2 rings (SSSR count). The molecule has 1 N–H and O–H groups in total. The van der Waals surface area contributed by atoms with Gasteiger partial charge in [0.2, 0.25) is 0 Å². The van der Waals surface area contributed by atoms with Crippen molar-refractivity contribution in [2.75, 3.05) is 19.6 Å². The van der Waals surface area contributed by atoms with E-state index in [-0.39, 0.29) is 0 Å². The van der Waals surface area contributed by atoms with Gasteiger partial charge in [-0.15, -0.1) is 11.3 Å². The van der Waals surface area contributed by atoms with Gasteiger partial charge in [0.15, 0.2) is 0 Å². The highest BCUT2D eigenvalue weighted by molar-refractivity contribution is 9.10. The molecule has 0 aromatic carbocycles. The summed E-state index contributed by atoms with van der Waals surface area (Å²) in [6.45, 7) is 6.93. The first kappa shape index (κ1) is 12.6. The Morgan fingerprint density at radius 1 is 1.62 bits per heavy atom. The minimum absolute atomic E-state index is 0.711. The van der Waals surface area contributed by atoms with Gasteiger partial charge < -0.3 is 5.32 Å². The van der Waals surface area contributed by atoms with Crippen LogP contribution >= 0.6 is 27.3 Å². The van der Waals surface area contributed by atoms with Crippen molar-refractivity contribution in [3.63, 3.8) is 0 Å². The van der Waals surface area contributed by atoms with Gasteiger partial charge in [-0.3, -0.25) is 4.90 Å². The van der Waals surface area contributed by atoms with E-state index in [0.717, 1.165) is 13.1 Å². The Bertz CT molecular complexity index is 327. The molecule has 1 aromatic heterocycles. The van der Waals surface area contributed by atoms with Gasteiger partial charge in [-0.05, 0) is 41.4 Å². The highest BCUT2D eigenvalue weighted by atomic mass is 79.9. The summed E-state index contributed by atoms with van der Waals surface area (Å²) in [6, 6.07) is 2.95. The average molecular weight is 303 g/mol. The molecule has 1 atom stereocenters. The summed E-state index contributed by atoms with van der Waals surface area (Å²) in [6.07, 6.45) is 2.53. The predicted molar refractivity (Wildman–Crippen MR) is 74.0 cm³/mol. The third kappa shape index (κ3) is 3.55. The van der Waals surface area contributed by atoms with Crippen molar-refractivity contribution in [1.82, 2.24) is 10.2 Å². The maximum Gasteiger partial charge on any atom is 0.0328 e. The molecule has 2 heterocycles. The molecule has 90 valence electrons. The molecule has 0 saturated carbocycles. The molecule has 16 heavy (non-hydrogen) atoms. The molecule has 4 heteroatoms. The molecule has 2 nitrogen and oxygen atoms in total. The molecule has 1 saturated heterocycles. The maximum absolute atomic E-state index is 3.60. The molecule has 1 fully saturated rings. The van der Waals surface area contributed by atoms with E-state index in [9.17, 15) is 0 Å². The summed E-state index contributed by atoms with van der Waals surface area (Å²) in [4.78, 5) is 4.01. The topological polar surface area (TPSA) is 15.3 Å². The number of thiophene rings is 1. The summed E-state index contributed by atoms with van der Waals surface area (Å²) >= 11 is 5.35. The normalized spacial score (nSPS) is 21.8. The lowest BCUT2D eigenvalue weighted by atomic mass is 10.2. The SMILES string of the molecule is CCCNC1CCN(Cc2cc(Br)cs2)C1. The van der Waals surface area contributed by atoms with E-state index in [4.69, 9.17) is 0 Å². The third-order valence-electron chi connectivity index (χ3n) is 2.96. The molecule has 0 radical (unpaired) electrons. The second-order valence-electron chi connectivity index (χ2n) is 4.41. The molecular formula is C12H19BrN2S. The van der Waals surface area contributed by atoms with Crippen molar-refractivity contribution in [3.05, 3.63) is 20.8 Å². The van der Waals surface area contributed by atoms with Crippen molar-refractivity contribution in [1.29, 1.82) is 0 Å². The minimum atomic E-state index is 0.711. The molecule has 0 bridgehead atoms. The molecule has 1 unspecified atom stereocenters. The van der Waals surface area contributed by atoms with E-state index < -0.39 is 0 Å². The summed E-state index contributed by atoms with van der Waals surface area (Å²) in [7, 11) is 0. The highest BCUT2D eigenvalue weighted by Gasteiger charge is 2.21. The van der Waals surface area contributed by atoms with Gasteiger partial charge in [0.1, 0.15) is 0 Å². The monoisotopic (exact) mass is 302 g/mol. The Morgan fingerprint density at radius 3 is 3.19 bits per heavy atom. The summed E-state index contributed by atoms with van der Waals surface area (Å²) in [5, 5.41) is 5.77. The van der Waals surface area contributed by atoms with E-state index >= 15 is 0 Å². The Hall–Kier alpha value is 0.1000. The number of nitrogens with zero attached hydrogens (tertiary/aromatic N) is 1. The molecule has 0 aliphatic carbocycles. The summed E-state index contributed by atoms with van der Waals surface area (Å²) in [5.41, 5.74) is 0. The Morgan fingerprint density at radius 2 is 2.50 bits per heavy atom. The van der Waals surface area contributed by atoms with Crippen LogP contribution in [-0.2, 0) is 6.54 Å². The number of likely N-dealkylation sites (tertiary alicyclic amines) is 1. The summed E-state index contributed by atoms with van der Waals surface area (Å²) < 4.78 is 1.22. The van der Waals surface area contributed by atoms with Crippen LogP contribution in [0.25, 0.3) is 0 Å². The largest absolute Gasteiger partial charge is 0.313 e. The first-order chi connectivity index (χ1) is 7.78. The minimum Gasteiger partial charge on any atom is -0.313 e. The van der Waals surface area contributed by atoms with E-state index in [1.54, 1.807) is 0 Å². The van der Waals surface area contributed by atoms with Crippen molar-refractivity contribution in [2.24, 2.45) is 0 Å². The number of nitrogens with one attached hydrogen (secondary N) is 1. The molecule has 1 aliphatic heterocycles. The second-order valence-corrected chi connectivity index (χ2v) is 6.32. The predicted octanol–water partition coefficient (Wildman–Crippen LogP) is 3.08. The molecule has 1 aliphatic rings. The van der Waals surface area contributed by atoms with Crippen molar-refractivity contribution < 1.29 is 0 Å². The number of rotatable bonds is 5. The van der Waals surface area contributed by atoms with Gasteiger partial charge in [-0.2, -0.15) is 0 Å². The lowest BCUT2D eigenvalue weighted by Crippen LogP contribution is -2.32. The van der Waals surface area contributed by atoms with Gasteiger partial charge in [0.25, 0.3) is 0 Å². The van der Waals surface area contributed by atoms with Crippen LogP contribution in [0.2, 0.25) is 0 Å². The van der Waals surface area contributed by atoms with Gasteiger partial charge in [0.05, 0.1) is 0 Å². The quantitative estimate of drug-likeness (QED) is 0.899. The Kier molecular flexibility index (Phi) is 4.82. The van der Waals surface area contributed by atoms with Crippen LogP contribution < -0.4 is 5.32 Å². The standard InChI is InChI=1S/C12H19BrN2S/c1-2-4-14-11-3-5-15(7-11)8-12-6-10(13)9-16-12/h6,9,11,14H,2-5,7-8H2,1H3. The number of hydrogen-bond donors (Lipinski definition) is 1. The molecule has 0 amide bonds. The lowest BCUT2D eigenvalue weighted by molar-refractivity contribution is 0.323. The lowest BCUT2D eigenvalue weighted by Gasteiger charge is -2.15. The fraction of sp³-hybridized carbons (Fsp3) is 0.667. The van der Waals surface area contributed by atoms with Crippen LogP contribution in [0.1, 0.15) is 24.6 Å². The van der Waals surface area contributed by atoms with Gasteiger partial charge in [0, 0.05) is 40.4 Å². The zero-order chi connectivity index (χ0) is 11.4. The zero-order valence-corrected chi connectivity index (χ0v) is 12.1. The van der Waals surface area contributed by atoms with Crippen molar-refractivity contribution in [3.8, 4) is 0 Å². The fourth-order valence-electron chi connectivity index (χ4n) is 2.15. The van der Waals surface area contributed by atoms with Crippen LogP contribution in [0.5, 0.6) is 0 Å². The van der Waals surface area contributed by atoms with Crippen LogP contribution in [0.3, 0.4) is 0 Å². The summed E-state index contributed by atoms with van der Waals surface area (Å²) in [5.74, 6) is 0. The van der Waals surface area contributed by atoms with Gasteiger partial charge >= 0.3 is 0 Å². The van der Waals surface area contributed by atoms with Crippen molar-refractivity contribution in [2.45, 2.75) is 32.4 Å². The first-order valence-electron chi connectivity index (χ1n) is 5.96. The van der Waals surface area contributed by atoms with E-state index in [0.29, 0.717) is 6.04 Å². The third-order valence-corrected chi connectivity index (χ3v) is 4.64. The van der Waals surface area contributed by atoms with Crippen LogP contribution in [0.15, 0.2) is 15.9 Å². The van der Waals surface area contributed by atoms with Crippen molar-refractivity contribution >= 4 is 27.3 Å². The van der Waals surface area contributed by atoms with Crippen LogP contribution in [0, 0.1) is 0 Å². The van der Waals surface area contributed by atoms with Crippen LogP contribution in [0.4, 0.5) is 0 Å². The zero-order valence-electron chi connectivity index (χ0n) is 9.71. The van der Waals surface area contributed by atoms with E-state index in [2.05, 4.69) is 44.5 Å². The first-order valence-corrected chi connectivity index (χ1v) is 7.64. The second kappa shape index (κ2) is 6.15. The maximum atomic E-state index is 3.60.